The second-order valence-electron chi connectivity index (χ2n) is 8.15. The van der Waals surface area contributed by atoms with Crippen LogP contribution < -0.4 is 20.3 Å². The summed E-state index contributed by atoms with van der Waals surface area (Å²) in [6.07, 6.45) is 6.77. The number of piperidine rings is 1. The van der Waals surface area contributed by atoms with E-state index in [9.17, 15) is 9.59 Å². The second-order valence-corrected chi connectivity index (χ2v) is 8.15. The monoisotopic (exact) mass is 459 g/mol. The van der Waals surface area contributed by atoms with Crippen LogP contribution in [0.4, 0.5) is 5.69 Å². The number of nitrogens with one attached hydrogen (secondary N) is 2. The van der Waals surface area contributed by atoms with E-state index in [4.69, 9.17) is 9.15 Å². The van der Waals surface area contributed by atoms with Crippen LogP contribution in [0, 0.1) is 0 Å². The number of nitrogens with zero attached hydrogens (tertiary/aromatic N) is 1. The summed E-state index contributed by atoms with van der Waals surface area (Å²) in [6.45, 7) is 2.52. The molecule has 0 atom stereocenters. The average molecular weight is 460 g/mol. The first-order valence-electron chi connectivity index (χ1n) is 11.4. The fourth-order valence-corrected chi connectivity index (χ4v) is 3.87. The van der Waals surface area contributed by atoms with E-state index in [2.05, 4.69) is 27.7 Å². The Hall–Kier alpha value is -4.00. The van der Waals surface area contributed by atoms with Crippen molar-refractivity contribution in [3.05, 3.63) is 89.5 Å². The lowest BCUT2D eigenvalue weighted by molar-refractivity contribution is -0.117. The van der Waals surface area contributed by atoms with Crippen LogP contribution in [0.1, 0.15) is 40.9 Å². The zero-order valence-electron chi connectivity index (χ0n) is 19.3. The molecule has 4 rings (SSSR count). The van der Waals surface area contributed by atoms with Gasteiger partial charge in [-0.15, -0.1) is 0 Å². The second kappa shape index (κ2) is 11.2. The minimum absolute atomic E-state index is 0.0979. The molecule has 0 radical (unpaired) electrons. The Kier molecular flexibility index (Phi) is 7.65. The van der Waals surface area contributed by atoms with Crippen molar-refractivity contribution in [3.8, 4) is 5.75 Å². The lowest BCUT2D eigenvalue weighted by Gasteiger charge is -2.28. The van der Waals surface area contributed by atoms with Crippen LogP contribution in [0.2, 0.25) is 0 Å². The third-order valence-electron chi connectivity index (χ3n) is 5.79. The van der Waals surface area contributed by atoms with Gasteiger partial charge in [0.05, 0.1) is 13.4 Å². The number of benzene rings is 2. The fourth-order valence-electron chi connectivity index (χ4n) is 3.87. The van der Waals surface area contributed by atoms with Crippen molar-refractivity contribution in [2.24, 2.45) is 0 Å². The zero-order valence-corrected chi connectivity index (χ0v) is 19.3. The molecule has 0 unspecified atom stereocenters. The first-order valence-corrected chi connectivity index (χ1v) is 11.4. The number of furan rings is 1. The third-order valence-corrected chi connectivity index (χ3v) is 5.79. The van der Waals surface area contributed by atoms with Gasteiger partial charge in [-0.05, 0) is 73.4 Å². The highest BCUT2D eigenvalue weighted by molar-refractivity contribution is 6.05. The molecule has 0 saturated carbocycles. The van der Waals surface area contributed by atoms with Crippen molar-refractivity contribution in [2.75, 3.05) is 25.1 Å². The predicted molar refractivity (Wildman–Crippen MR) is 131 cm³/mol. The lowest BCUT2D eigenvalue weighted by atomic mass is 10.1. The van der Waals surface area contributed by atoms with Gasteiger partial charge in [-0.25, -0.2) is 0 Å². The normalized spacial score (nSPS) is 13.9. The molecule has 1 aromatic heterocycles. The molecular weight excluding hydrogens is 430 g/mol. The molecule has 2 N–H and O–H groups in total. The number of hydrogen-bond donors (Lipinski definition) is 2. The Morgan fingerprint density at radius 1 is 1.00 bits per heavy atom. The maximum Gasteiger partial charge on any atom is 0.268 e. The molecular formula is C27H29N3O4. The van der Waals surface area contributed by atoms with E-state index < -0.39 is 11.8 Å². The standard InChI is InChI=1S/C27H29N3O4/c1-33-23-13-9-21(10-14-23)26(31)29-25(18-24-6-5-17-34-24)27(32)28-19-20-7-11-22(12-8-20)30-15-3-2-4-16-30/h5-14,17-18H,2-4,15-16,19H2,1H3,(H,28,32)(H,29,31)/b25-18-. The van der Waals surface area contributed by atoms with Crippen molar-refractivity contribution < 1.29 is 18.7 Å². The Morgan fingerprint density at radius 3 is 2.38 bits per heavy atom. The zero-order chi connectivity index (χ0) is 23.8. The minimum Gasteiger partial charge on any atom is -0.497 e. The number of amides is 2. The van der Waals surface area contributed by atoms with Crippen LogP contribution in [0.3, 0.4) is 0 Å². The first kappa shape index (κ1) is 23.2. The molecule has 1 fully saturated rings. The van der Waals surface area contributed by atoms with Gasteiger partial charge in [0.1, 0.15) is 17.2 Å². The average Bonchev–Trinajstić information content (AvgIpc) is 3.41. The van der Waals surface area contributed by atoms with E-state index in [0.717, 1.165) is 18.7 Å². The molecule has 0 bridgehead atoms. The summed E-state index contributed by atoms with van der Waals surface area (Å²) in [7, 11) is 1.56. The van der Waals surface area contributed by atoms with Crippen molar-refractivity contribution in [2.45, 2.75) is 25.8 Å². The van der Waals surface area contributed by atoms with Gasteiger partial charge in [-0.1, -0.05) is 12.1 Å². The maximum atomic E-state index is 13.0. The van der Waals surface area contributed by atoms with E-state index in [1.807, 2.05) is 12.1 Å². The molecule has 2 aromatic carbocycles. The van der Waals surface area contributed by atoms with Crippen LogP contribution in [0.15, 0.2) is 77.0 Å². The molecule has 7 heteroatoms. The molecule has 1 saturated heterocycles. The number of hydrogen-bond acceptors (Lipinski definition) is 5. The topological polar surface area (TPSA) is 83.8 Å². The van der Waals surface area contributed by atoms with Gasteiger partial charge in [-0.2, -0.15) is 0 Å². The van der Waals surface area contributed by atoms with Crippen LogP contribution in [0.5, 0.6) is 5.75 Å². The van der Waals surface area contributed by atoms with Crippen molar-refractivity contribution in [1.29, 1.82) is 0 Å². The van der Waals surface area contributed by atoms with Crippen LogP contribution in [-0.4, -0.2) is 32.0 Å². The van der Waals surface area contributed by atoms with Gasteiger partial charge in [0.25, 0.3) is 11.8 Å². The van der Waals surface area contributed by atoms with E-state index in [-0.39, 0.29) is 5.70 Å². The van der Waals surface area contributed by atoms with Crippen LogP contribution in [0.25, 0.3) is 6.08 Å². The summed E-state index contributed by atoms with van der Waals surface area (Å²) < 4.78 is 10.5. The summed E-state index contributed by atoms with van der Waals surface area (Å²) in [5, 5.41) is 5.59. The van der Waals surface area contributed by atoms with Crippen LogP contribution in [-0.2, 0) is 11.3 Å². The molecule has 1 aliphatic heterocycles. The van der Waals surface area contributed by atoms with E-state index in [0.29, 0.717) is 23.6 Å². The molecule has 7 nitrogen and oxygen atoms in total. The summed E-state index contributed by atoms with van der Waals surface area (Å²) in [5.41, 5.74) is 2.70. The number of methoxy groups -OCH3 is 1. The number of ether oxygens (including phenoxy) is 1. The summed E-state index contributed by atoms with van der Waals surface area (Å²) in [4.78, 5) is 28.1. The lowest BCUT2D eigenvalue weighted by Crippen LogP contribution is -2.34. The summed E-state index contributed by atoms with van der Waals surface area (Å²) in [6, 6.07) is 18.3. The first-order chi connectivity index (χ1) is 16.6. The summed E-state index contributed by atoms with van der Waals surface area (Å²) >= 11 is 0. The van der Waals surface area contributed by atoms with Gasteiger partial charge in [0.15, 0.2) is 0 Å². The molecule has 2 amide bonds. The van der Waals surface area contributed by atoms with Gasteiger partial charge in [0, 0.05) is 37.0 Å². The quantitative estimate of drug-likeness (QED) is 0.489. The van der Waals surface area contributed by atoms with Gasteiger partial charge in [0.2, 0.25) is 0 Å². The highest BCUT2D eigenvalue weighted by atomic mass is 16.5. The molecule has 3 aromatic rings. The third kappa shape index (κ3) is 6.07. The predicted octanol–water partition coefficient (Wildman–Crippen LogP) is 4.37. The Balaban J connectivity index is 1.41. The molecule has 0 spiro atoms. The molecule has 176 valence electrons. The van der Waals surface area contributed by atoms with Crippen molar-refractivity contribution in [1.82, 2.24) is 10.6 Å². The van der Waals surface area contributed by atoms with Gasteiger partial charge < -0.3 is 24.7 Å². The van der Waals surface area contributed by atoms with E-state index in [1.54, 1.807) is 43.5 Å². The Bertz CT molecular complexity index is 1110. The van der Waals surface area contributed by atoms with Crippen LogP contribution >= 0.6 is 0 Å². The fraction of sp³-hybridized carbons (Fsp3) is 0.259. The highest BCUT2D eigenvalue weighted by Gasteiger charge is 2.16. The van der Waals surface area contributed by atoms with Crippen molar-refractivity contribution >= 4 is 23.6 Å². The molecule has 2 heterocycles. The molecule has 0 aliphatic carbocycles. The number of anilines is 1. The smallest absolute Gasteiger partial charge is 0.268 e. The summed E-state index contributed by atoms with van der Waals surface area (Å²) in [5.74, 6) is 0.304. The Labute approximate surface area is 199 Å². The van der Waals surface area contributed by atoms with E-state index in [1.165, 1.54) is 37.3 Å². The largest absolute Gasteiger partial charge is 0.497 e. The SMILES string of the molecule is COc1ccc(C(=O)N/C(=C\c2ccco2)C(=O)NCc2ccc(N3CCCCC3)cc2)cc1. The Morgan fingerprint density at radius 2 is 1.74 bits per heavy atom. The molecule has 1 aliphatic rings. The number of carbonyl (C=O) groups excluding carboxylic acids is 2. The maximum absolute atomic E-state index is 13.0. The highest BCUT2D eigenvalue weighted by Crippen LogP contribution is 2.20. The van der Waals surface area contributed by atoms with Gasteiger partial charge in [-0.3, -0.25) is 9.59 Å². The number of rotatable bonds is 8. The minimum atomic E-state index is -0.404. The molecule has 34 heavy (non-hydrogen) atoms. The van der Waals surface area contributed by atoms with Crippen molar-refractivity contribution in [3.63, 3.8) is 0 Å². The number of carbonyl (C=O) groups is 2. The van der Waals surface area contributed by atoms with Gasteiger partial charge >= 0.3 is 0 Å². The van der Waals surface area contributed by atoms with E-state index >= 15 is 0 Å².